The molecule has 0 amide bonds. The molecule has 30 heavy (non-hydrogen) atoms. The molecule has 0 spiro atoms. The number of nitrogens with one attached hydrogen (secondary N) is 1. The molecule has 1 aromatic heterocycles. The summed E-state index contributed by atoms with van der Waals surface area (Å²) in [6, 6.07) is 10.8. The Morgan fingerprint density at radius 1 is 1.10 bits per heavy atom. The van der Waals surface area contributed by atoms with Gasteiger partial charge in [0.2, 0.25) is 0 Å². The van der Waals surface area contributed by atoms with Crippen molar-refractivity contribution in [3.8, 4) is 0 Å². The normalized spacial score (nSPS) is 25.6. The summed E-state index contributed by atoms with van der Waals surface area (Å²) >= 11 is 0. The fraction of sp³-hybridized carbons (Fsp3) is 0.654. The van der Waals surface area contributed by atoms with Crippen LogP contribution in [-0.4, -0.2) is 45.7 Å². The van der Waals surface area contributed by atoms with Crippen molar-refractivity contribution in [3.05, 3.63) is 52.3 Å². The molecule has 1 saturated heterocycles. The second-order valence-electron chi connectivity index (χ2n) is 10.2. The van der Waals surface area contributed by atoms with Crippen molar-refractivity contribution in [2.75, 3.05) is 19.6 Å². The lowest BCUT2D eigenvalue weighted by molar-refractivity contribution is 0.118. The van der Waals surface area contributed by atoms with Crippen LogP contribution in [0.5, 0.6) is 0 Å². The highest BCUT2D eigenvalue weighted by Crippen LogP contribution is 2.45. The van der Waals surface area contributed by atoms with Crippen LogP contribution < -0.4 is 0 Å². The summed E-state index contributed by atoms with van der Waals surface area (Å²) < 4.78 is 0. The summed E-state index contributed by atoms with van der Waals surface area (Å²) in [5.41, 5.74) is 6.88. The van der Waals surface area contributed by atoms with E-state index >= 15 is 0 Å². The van der Waals surface area contributed by atoms with Gasteiger partial charge in [0.1, 0.15) is 0 Å². The second-order valence-corrected chi connectivity index (χ2v) is 10.2. The van der Waals surface area contributed by atoms with E-state index in [0.29, 0.717) is 6.04 Å². The van der Waals surface area contributed by atoms with Gasteiger partial charge in [0.15, 0.2) is 0 Å². The highest BCUT2D eigenvalue weighted by atomic mass is 15.2. The molecule has 2 heterocycles. The van der Waals surface area contributed by atoms with Gasteiger partial charge in [-0.1, -0.05) is 24.3 Å². The first-order valence-electron chi connectivity index (χ1n) is 12.2. The number of aromatic amines is 1. The van der Waals surface area contributed by atoms with E-state index in [9.17, 15) is 0 Å². The summed E-state index contributed by atoms with van der Waals surface area (Å²) in [5, 5.41) is 7.64. The quantitative estimate of drug-likeness (QED) is 0.642. The highest BCUT2D eigenvalue weighted by molar-refractivity contribution is 5.28. The number of H-pyrrole nitrogens is 1. The number of nitrogens with zero attached hydrogens (tertiary/aromatic N) is 3. The molecular weight excluding hydrogens is 368 g/mol. The number of rotatable bonds is 8. The van der Waals surface area contributed by atoms with Crippen molar-refractivity contribution in [1.29, 1.82) is 0 Å². The zero-order valence-electron chi connectivity index (χ0n) is 19.0. The molecule has 2 aromatic rings. The van der Waals surface area contributed by atoms with Gasteiger partial charge in [-0.25, -0.2) is 0 Å². The van der Waals surface area contributed by atoms with Crippen molar-refractivity contribution in [1.82, 2.24) is 20.0 Å². The Morgan fingerprint density at radius 3 is 2.40 bits per heavy atom. The minimum absolute atomic E-state index is 0.472. The maximum atomic E-state index is 4.45. The molecule has 1 aliphatic heterocycles. The van der Waals surface area contributed by atoms with Gasteiger partial charge in [-0.2, -0.15) is 5.10 Å². The van der Waals surface area contributed by atoms with Crippen LogP contribution in [-0.2, 0) is 6.54 Å². The van der Waals surface area contributed by atoms with Gasteiger partial charge in [-0.05, 0) is 95.3 Å². The van der Waals surface area contributed by atoms with E-state index in [4.69, 9.17) is 0 Å². The predicted octanol–water partition coefficient (Wildman–Crippen LogP) is 5.34. The number of hydrogen-bond acceptors (Lipinski definition) is 3. The van der Waals surface area contributed by atoms with Crippen molar-refractivity contribution < 1.29 is 0 Å². The predicted molar refractivity (Wildman–Crippen MR) is 123 cm³/mol. The van der Waals surface area contributed by atoms with E-state index in [1.807, 2.05) is 0 Å². The third-order valence-electron chi connectivity index (χ3n) is 7.88. The lowest BCUT2D eigenvalue weighted by atomic mass is 9.71. The van der Waals surface area contributed by atoms with Crippen LogP contribution in [0, 0.1) is 19.8 Å². The average molecular weight is 407 g/mol. The maximum absolute atomic E-state index is 4.45. The van der Waals surface area contributed by atoms with Crippen LogP contribution in [0.3, 0.4) is 0 Å². The van der Waals surface area contributed by atoms with Crippen LogP contribution in [0.15, 0.2) is 24.3 Å². The number of hydrogen-bond donors (Lipinski definition) is 1. The van der Waals surface area contributed by atoms with Gasteiger partial charge in [0.25, 0.3) is 0 Å². The van der Waals surface area contributed by atoms with Gasteiger partial charge in [-0.3, -0.25) is 14.9 Å². The molecule has 1 unspecified atom stereocenters. The molecule has 3 aliphatic rings. The van der Waals surface area contributed by atoms with E-state index < -0.39 is 0 Å². The number of aromatic nitrogens is 2. The fourth-order valence-electron chi connectivity index (χ4n) is 5.92. The first kappa shape index (κ1) is 20.3. The minimum atomic E-state index is 0.472. The highest BCUT2D eigenvalue weighted by Gasteiger charge is 2.39. The molecule has 1 N–H and O–H groups in total. The summed E-state index contributed by atoms with van der Waals surface area (Å²) in [5.74, 6) is 1.61. The topological polar surface area (TPSA) is 35.2 Å². The SMILES string of the molecule is Cc1n[nH]c(C)c1C(C)N(C[C@H]1C[C@H](c2ccc(CN3CCCC3)cc2)C1)C1CC1. The molecule has 1 atom stereocenters. The Balaban J connectivity index is 1.16. The van der Waals surface area contributed by atoms with E-state index in [0.717, 1.165) is 24.4 Å². The molecule has 2 saturated carbocycles. The molecule has 0 bridgehead atoms. The lowest BCUT2D eigenvalue weighted by Gasteiger charge is -2.41. The summed E-state index contributed by atoms with van der Waals surface area (Å²) in [4.78, 5) is 5.37. The zero-order chi connectivity index (χ0) is 20.7. The first-order chi connectivity index (χ1) is 14.6. The largest absolute Gasteiger partial charge is 0.299 e. The Hall–Kier alpha value is -1.65. The van der Waals surface area contributed by atoms with Gasteiger partial charge in [0, 0.05) is 36.4 Å². The van der Waals surface area contributed by atoms with E-state index in [1.54, 1.807) is 5.56 Å². The minimum Gasteiger partial charge on any atom is -0.299 e. The van der Waals surface area contributed by atoms with E-state index in [-0.39, 0.29) is 0 Å². The van der Waals surface area contributed by atoms with Crippen molar-refractivity contribution in [2.45, 2.75) is 83.8 Å². The number of likely N-dealkylation sites (tertiary alicyclic amines) is 1. The van der Waals surface area contributed by atoms with Crippen LogP contribution >= 0.6 is 0 Å². The molecular formula is C26H38N4. The Kier molecular flexibility index (Phi) is 5.72. The van der Waals surface area contributed by atoms with Crippen LogP contribution in [0.1, 0.15) is 85.5 Å². The van der Waals surface area contributed by atoms with Gasteiger partial charge < -0.3 is 0 Å². The van der Waals surface area contributed by atoms with Gasteiger partial charge in [0.05, 0.1) is 5.69 Å². The van der Waals surface area contributed by atoms with Gasteiger partial charge in [-0.15, -0.1) is 0 Å². The smallest absolute Gasteiger partial charge is 0.0641 e. The molecule has 5 rings (SSSR count). The average Bonchev–Trinajstić information content (AvgIpc) is 3.31. The van der Waals surface area contributed by atoms with E-state index in [1.165, 1.54) is 80.7 Å². The number of benzene rings is 1. The van der Waals surface area contributed by atoms with Crippen molar-refractivity contribution in [2.24, 2.45) is 5.92 Å². The van der Waals surface area contributed by atoms with Crippen molar-refractivity contribution >= 4 is 0 Å². The molecule has 1 aromatic carbocycles. The molecule has 3 fully saturated rings. The third-order valence-corrected chi connectivity index (χ3v) is 7.88. The summed E-state index contributed by atoms with van der Waals surface area (Å²) in [7, 11) is 0. The first-order valence-corrected chi connectivity index (χ1v) is 12.2. The Labute approximate surface area is 182 Å². The molecule has 0 radical (unpaired) electrons. The maximum Gasteiger partial charge on any atom is 0.0641 e. The monoisotopic (exact) mass is 406 g/mol. The zero-order valence-corrected chi connectivity index (χ0v) is 19.0. The van der Waals surface area contributed by atoms with Crippen LogP contribution in [0.2, 0.25) is 0 Å². The second kappa shape index (κ2) is 8.47. The van der Waals surface area contributed by atoms with Crippen LogP contribution in [0.4, 0.5) is 0 Å². The third kappa shape index (κ3) is 4.22. The summed E-state index contributed by atoms with van der Waals surface area (Å²) in [6.45, 7) is 11.6. The molecule has 4 heteroatoms. The standard InChI is InChI=1S/C26H38N4/c1-18-26(19(2)28-27-18)20(3)30(25-10-11-25)17-22-14-24(15-22)23-8-6-21(7-9-23)16-29-12-4-5-13-29/h6-9,20,22,24-25H,4-5,10-17H2,1-3H3,(H,27,28)/t20?,22-,24-. The van der Waals surface area contributed by atoms with Crippen LogP contribution in [0.25, 0.3) is 0 Å². The Morgan fingerprint density at radius 2 is 1.80 bits per heavy atom. The van der Waals surface area contributed by atoms with Crippen molar-refractivity contribution in [3.63, 3.8) is 0 Å². The lowest BCUT2D eigenvalue weighted by Crippen LogP contribution is -2.38. The fourth-order valence-corrected chi connectivity index (χ4v) is 5.92. The molecule has 162 valence electrons. The van der Waals surface area contributed by atoms with E-state index in [2.05, 4.69) is 65.0 Å². The summed E-state index contributed by atoms with van der Waals surface area (Å²) in [6.07, 6.45) is 8.19. The molecule has 4 nitrogen and oxygen atoms in total. The number of aryl methyl sites for hydroxylation is 2. The Bertz CT molecular complexity index is 819. The van der Waals surface area contributed by atoms with Gasteiger partial charge >= 0.3 is 0 Å². The molecule has 2 aliphatic carbocycles.